The van der Waals surface area contributed by atoms with E-state index < -0.39 is 14.7 Å². The van der Waals surface area contributed by atoms with Gasteiger partial charge in [-0.2, -0.15) is 0 Å². The molecular weight excluding hydrogens is 234 g/mol. The standard InChI is InChI=1S/C9H24O4P2/c1-9(2)8-15(5,6,7)13-14(10,11-3)12-4/h9H,8H2,1-7H3. The molecule has 0 aromatic rings. The maximum atomic E-state index is 11.9. The molecule has 0 rings (SSSR count). The molecule has 0 unspecified atom stereocenters. The van der Waals surface area contributed by atoms with Crippen LogP contribution in [0, 0.1) is 5.92 Å². The molecule has 0 aromatic heterocycles. The van der Waals surface area contributed by atoms with Gasteiger partial charge in [-0.15, -0.1) is 0 Å². The van der Waals surface area contributed by atoms with Gasteiger partial charge in [0.25, 0.3) is 0 Å². The van der Waals surface area contributed by atoms with Gasteiger partial charge in [0, 0.05) is 0 Å². The number of phosphoric acid groups is 1. The van der Waals surface area contributed by atoms with Gasteiger partial charge in [-0.25, -0.2) is 0 Å². The van der Waals surface area contributed by atoms with Crippen LogP contribution in [0.15, 0.2) is 0 Å². The minimum absolute atomic E-state index is 0.491. The Kier molecular flexibility index (Phi) is 4.98. The average Bonchev–Trinajstić information content (AvgIpc) is 1.99. The van der Waals surface area contributed by atoms with Crippen molar-refractivity contribution in [1.82, 2.24) is 0 Å². The van der Waals surface area contributed by atoms with E-state index in [9.17, 15) is 4.57 Å². The fourth-order valence-electron chi connectivity index (χ4n) is 1.79. The summed E-state index contributed by atoms with van der Waals surface area (Å²) in [5.41, 5.74) is 0. The summed E-state index contributed by atoms with van der Waals surface area (Å²) in [6.45, 7) is 7.88. The fraction of sp³-hybridized carbons (Fsp3) is 1.00. The van der Waals surface area contributed by atoms with Crippen LogP contribution in [0.25, 0.3) is 0 Å². The summed E-state index contributed by atoms with van der Waals surface area (Å²) >= 11 is 0. The Hall–Kier alpha value is 0.540. The molecule has 0 bridgehead atoms. The third kappa shape index (κ3) is 5.99. The van der Waals surface area contributed by atoms with Crippen molar-refractivity contribution in [1.29, 1.82) is 0 Å². The van der Waals surface area contributed by atoms with Gasteiger partial charge in [-0.1, -0.05) is 0 Å². The van der Waals surface area contributed by atoms with Gasteiger partial charge in [0.15, 0.2) is 0 Å². The number of hydrogen-bond donors (Lipinski definition) is 0. The predicted molar refractivity (Wildman–Crippen MR) is 67.1 cm³/mol. The number of rotatable bonds is 6. The third-order valence-electron chi connectivity index (χ3n) is 1.84. The first kappa shape index (κ1) is 15.5. The SMILES string of the molecule is COP(=O)(OC)OP(C)(C)(C)CC(C)C. The predicted octanol–water partition coefficient (Wildman–Crippen LogP) is 3.42. The Morgan fingerprint density at radius 3 is 1.80 bits per heavy atom. The summed E-state index contributed by atoms with van der Waals surface area (Å²) in [4.78, 5) is 0. The molecule has 94 valence electrons. The van der Waals surface area contributed by atoms with E-state index in [2.05, 4.69) is 13.8 Å². The molecule has 0 fully saturated rings. The zero-order chi connectivity index (χ0) is 12.4. The van der Waals surface area contributed by atoms with E-state index in [0.717, 1.165) is 6.16 Å². The molecule has 0 aromatic carbocycles. The first-order valence-corrected chi connectivity index (χ1v) is 10.1. The van der Waals surface area contributed by atoms with Crippen molar-refractivity contribution in [3.63, 3.8) is 0 Å². The van der Waals surface area contributed by atoms with Crippen molar-refractivity contribution in [2.45, 2.75) is 13.8 Å². The first-order chi connectivity index (χ1) is 6.51. The summed E-state index contributed by atoms with van der Waals surface area (Å²) in [5, 5.41) is 0. The van der Waals surface area contributed by atoms with Gasteiger partial charge in [-0.3, -0.25) is 0 Å². The zero-order valence-corrected chi connectivity index (χ0v) is 12.6. The monoisotopic (exact) mass is 258 g/mol. The van der Waals surface area contributed by atoms with Crippen molar-refractivity contribution < 1.29 is 17.9 Å². The Labute approximate surface area is 93.3 Å². The van der Waals surface area contributed by atoms with Gasteiger partial charge in [0.1, 0.15) is 0 Å². The summed E-state index contributed by atoms with van der Waals surface area (Å²) < 4.78 is 27.2. The van der Waals surface area contributed by atoms with Crippen molar-refractivity contribution in [2.24, 2.45) is 5.92 Å². The van der Waals surface area contributed by atoms with E-state index in [4.69, 9.17) is 13.4 Å². The van der Waals surface area contributed by atoms with Crippen LogP contribution >= 0.6 is 14.7 Å². The van der Waals surface area contributed by atoms with E-state index >= 15 is 0 Å². The molecule has 6 heteroatoms. The van der Waals surface area contributed by atoms with E-state index in [-0.39, 0.29) is 0 Å². The van der Waals surface area contributed by atoms with E-state index in [1.807, 2.05) is 20.0 Å². The van der Waals surface area contributed by atoms with Crippen LogP contribution in [0.5, 0.6) is 0 Å². The van der Waals surface area contributed by atoms with E-state index in [0.29, 0.717) is 5.92 Å². The second kappa shape index (κ2) is 4.81. The average molecular weight is 258 g/mol. The summed E-state index contributed by atoms with van der Waals surface area (Å²) in [7, 11) is -0.687. The molecule has 15 heavy (non-hydrogen) atoms. The topological polar surface area (TPSA) is 44.8 Å². The molecule has 0 aliphatic heterocycles. The van der Waals surface area contributed by atoms with Crippen LogP contribution in [-0.4, -0.2) is 40.4 Å². The van der Waals surface area contributed by atoms with Gasteiger partial charge >= 0.3 is 92.7 Å². The summed E-state index contributed by atoms with van der Waals surface area (Å²) in [5.74, 6) is 0.491. The maximum absolute atomic E-state index is 11.9. The molecule has 0 saturated heterocycles. The molecule has 0 spiro atoms. The number of phosphoric ester groups is 1. The molecule has 0 aliphatic rings. The van der Waals surface area contributed by atoms with Crippen LogP contribution in [-0.2, 0) is 17.9 Å². The quantitative estimate of drug-likeness (QED) is 0.685. The molecule has 0 amide bonds. The second-order valence-corrected chi connectivity index (χ2v) is 14.0. The van der Waals surface area contributed by atoms with Gasteiger partial charge < -0.3 is 0 Å². The Balaban J connectivity index is 4.81. The molecule has 0 aliphatic carbocycles. The molecular formula is C9H24O4P2. The van der Waals surface area contributed by atoms with Crippen LogP contribution in [0.3, 0.4) is 0 Å². The van der Waals surface area contributed by atoms with Crippen LogP contribution < -0.4 is 0 Å². The van der Waals surface area contributed by atoms with Crippen molar-refractivity contribution in [3.05, 3.63) is 0 Å². The fourth-order valence-corrected chi connectivity index (χ4v) is 8.19. The molecule has 0 saturated carbocycles. The van der Waals surface area contributed by atoms with Gasteiger partial charge in [0.2, 0.25) is 0 Å². The van der Waals surface area contributed by atoms with Crippen molar-refractivity contribution in [2.75, 3.05) is 40.4 Å². The van der Waals surface area contributed by atoms with Crippen molar-refractivity contribution in [3.8, 4) is 0 Å². The van der Waals surface area contributed by atoms with Crippen LogP contribution in [0.1, 0.15) is 13.8 Å². The number of hydrogen-bond acceptors (Lipinski definition) is 4. The van der Waals surface area contributed by atoms with E-state index in [1.54, 1.807) is 0 Å². The van der Waals surface area contributed by atoms with Gasteiger partial charge in [0.05, 0.1) is 0 Å². The zero-order valence-electron chi connectivity index (χ0n) is 10.8. The van der Waals surface area contributed by atoms with Gasteiger partial charge in [-0.05, 0) is 0 Å². The Morgan fingerprint density at radius 2 is 1.53 bits per heavy atom. The molecule has 4 nitrogen and oxygen atoms in total. The molecule has 0 heterocycles. The van der Waals surface area contributed by atoms with Crippen LogP contribution in [0.2, 0.25) is 0 Å². The third-order valence-corrected chi connectivity index (χ3v) is 7.93. The van der Waals surface area contributed by atoms with Crippen molar-refractivity contribution >= 4 is 14.7 Å². The van der Waals surface area contributed by atoms with E-state index in [1.165, 1.54) is 14.2 Å². The Bertz CT molecular complexity index is 247. The molecule has 0 atom stereocenters. The second-order valence-electron chi connectivity index (χ2n) is 5.44. The normalized spacial score (nSPS) is 16.4. The van der Waals surface area contributed by atoms with Crippen LogP contribution in [0.4, 0.5) is 0 Å². The molecule has 0 N–H and O–H groups in total. The Morgan fingerprint density at radius 1 is 1.13 bits per heavy atom. The first-order valence-electron chi connectivity index (χ1n) is 4.95. The summed E-state index contributed by atoms with van der Waals surface area (Å²) in [6.07, 6.45) is 0.891. The summed E-state index contributed by atoms with van der Waals surface area (Å²) in [6, 6.07) is 0. The molecule has 0 radical (unpaired) electrons. The minimum atomic E-state index is -3.37.